The highest BCUT2D eigenvalue weighted by Crippen LogP contribution is 2.30. The van der Waals surface area contributed by atoms with E-state index in [2.05, 4.69) is 30.4 Å². The van der Waals surface area contributed by atoms with Gasteiger partial charge in [-0.15, -0.1) is 0 Å². The number of thioether (sulfide) groups is 1. The van der Waals surface area contributed by atoms with Gasteiger partial charge in [0, 0.05) is 4.90 Å². The van der Waals surface area contributed by atoms with E-state index in [1.165, 1.54) is 9.80 Å². The summed E-state index contributed by atoms with van der Waals surface area (Å²) in [5.41, 5.74) is 0. The van der Waals surface area contributed by atoms with Crippen LogP contribution in [0.5, 0.6) is 0 Å². The molecule has 12 heavy (non-hydrogen) atoms. The normalized spacial score (nSPS) is 14.8. The van der Waals surface area contributed by atoms with Crippen molar-refractivity contribution in [2.24, 2.45) is 0 Å². The van der Waals surface area contributed by atoms with Crippen LogP contribution < -0.4 is 0 Å². The van der Waals surface area contributed by atoms with Gasteiger partial charge in [-0.1, -0.05) is 48.2 Å². The van der Waals surface area contributed by atoms with Gasteiger partial charge in [-0.3, -0.25) is 0 Å². The molecule has 1 aromatic rings. The van der Waals surface area contributed by atoms with E-state index in [4.69, 9.17) is 0 Å². The Hall–Kier alpha value is -0.950. The van der Waals surface area contributed by atoms with Crippen molar-refractivity contribution >= 4 is 11.8 Å². The Kier molecular flexibility index (Phi) is 2.33. The van der Waals surface area contributed by atoms with E-state index in [9.17, 15) is 0 Å². The molecule has 0 saturated heterocycles. The lowest BCUT2D eigenvalue weighted by molar-refractivity contribution is 1.39. The first kappa shape index (κ1) is 7.69. The van der Waals surface area contributed by atoms with Crippen LogP contribution in [-0.2, 0) is 0 Å². The molecule has 0 aromatic heterocycles. The lowest BCUT2D eigenvalue weighted by Gasteiger charge is -1.99. The summed E-state index contributed by atoms with van der Waals surface area (Å²) < 4.78 is 0. The smallest absolute Gasteiger partial charge is 0.0198 e. The molecule has 0 atom stereocenters. The lowest BCUT2D eigenvalue weighted by atomic mass is 10.4. The third kappa shape index (κ3) is 1.80. The SMILES string of the molecule is [c]1ccccc1SC1=CC=CC1. The van der Waals surface area contributed by atoms with Gasteiger partial charge in [0.25, 0.3) is 0 Å². The number of rotatable bonds is 2. The molecule has 1 heteroatoms. The van der Waals surface area contributed by atoms with E-state index in [0.29, 0.717) is 0 Å². The zero-order valence-electron chi connectivity index (χ0n) is 6.66. The summed E-state index contributed by atoms with van der Waals surface area (Å²) >= 11 is 1.79. The second-order valence-electron chi connectivity index (χ2n) is 2.59. The fraction of sp³-hybridized carbons (Fsp3) is 0.0909. The molecule has 1 aliphatic carbocycles. The van der Waals surface area contributed by atoms with Crippen molar-refractivity contribution in [3.63, 3.8) is 0 Å². The second kappa shape index (κ2) is 3.63. The zero-order valence-corrected chi connectivity index (χ0v) is 7.47. The highest BCUT2D eigenvalue weighted by molar-refractivity contribution is 8.03. The van der Waals surface area contributed by atoms with Gasteiger partial charge in [0.05, 0.1) is 0 Å². The van der Waals surface area contributed by atoms with Gasteiger partial charge in [0.15, 0.2) is 0 Å². The molecule has 59 valence electrons. The van der Waals surface area contributed by atoms with Gasteiger partial charge in [-0.05, 0) is 23.5 Å². The molecule has 0 bridgehead atoms. The Labute approximate surface area is 77.0 Å². The molecule has 1 aliphatic rings. The molecule has 0 aliphatic heterocycles. The molecule has 0 heterocycles. The number of allylic oxidation sites excluding steroid dienone is 4. The van der Waals surface area contributed by atoms with Crippen LogP contribution in [0.25, 0.3) is 0 Å². The van der Waals surface area contributed by atoms with Gasteiger partial charge in [0.1, 0.15) is 0 Å². The number of hydrogen-bond acceptors (Lipinski definition) is 1. The summed E-state index contributed by atoms with van der Waals surface area (Å²) in [7, 11) is 0. The van der Waals surface area contributed by atoms with E-state index in [-0.39, 0.29) is 0 Å². The van der Waals surface area contributed by atoms with Crippen LogP contribution in [0.2, 0.25) is 0 Å². The molecule has 0 amide bonds. The molecule has 0 unspecified atom stereocenters. The minimum atomic E-state index is 1.08. The van der Waals surface area contributed by atoms with Gasteiger partial charge in [-0.2, -0.15) is 0 Å². The Morgan fingerprint density at radius 3 is 3.00 bits per heavy atom. The fourth-order valence-electron chi connectivity index (χ4n) is 1.08. The molecule has 0 saturated carbocycles. The van der Waals surface area contributed by atoms with Crippen LogP contribution >= 0.6 is 11.8 Å². The molecular weight excluding hydrogens is 164 g/mol. The molecule has 0 spiro atoms. The molecular formula is C11H9S. The molecule has 0 fully saturated rings. The first-order valence-corrected chi connectivity index (χ1v) is 4.77. The van der Waals surface area contributed by atoms with Crippen LogP contribution in [0.15, 0.2) is 52.3 Å². The zero-order chi connectivity index (χ0) is 8.23. The Morgan fingerprint density at radius 1 is 1.33 bits per heavy atom. The van der Waals surface area contributed by atoms with E-state index in [0.717, 1.165) is 6.42 Å². The molecule has 0 nitrogen and oxygen atoms in total. The Balaban J connectivity index is 2.05. The molecule has 1 radical (unpaired) electrons. The van der Waals surface area contributed by atoms with Gasteiger partial charge in [-0.25, -0.2) is 0 Å². The second-order valence-corrected chi connectivity index (χ2v) is 3.76. The minimum absolute atomic E-state index is 1.08. The lowest BCUT2D eigenvalue weighted by Crippen LogP contribution is -1.72. The van der Waals surface area contributed by atoms with Crippen LogP contribution in [-0.4, -0.2) is 0 Å². The van der Waals surface area contributed by atoms with Crippen LogP contribution in [0.4, 0.5) is 0 Å². The predicted molar refractivity (Wildman–Crippen MR) is 53.0 cm³/mol. The summed E-state index contributed by atoms with van der Waals surface area (Å²) in [6, 6.07) is 11.3. The highest BCUT2D eigenvalue weighted by atomic mass is 32.2. The Bertz CT molecular complexity index is 309. The first-order valence-electron chi connectivity index (χ1n) is 3.95. The largest absolute Gasteiger partial charge is 0.0936 e. The third-order valence-corrected chi connectivity index (χ3v) is 2.70. The molecule has 0 N–H and O–H groups in total. The van der Waals surface area contributed by atoms with Crippen molar-refractivity contribution in [2.45, 2.75) is 11.3 Å². The third-order valence-electron chi connectivity index (χ3n) is 1.66. The van der Waals surface area contributed by atoms with Gasteiger partial charge >= 0.3 is 0 Å². The fourth-order valence-corrected chi connectivity index (χ4v) is 1.97. The molecule has 2 rings (SSSR count). The number of hydrogen-bond donors (Lipinski definition) is 0. The van der Waals surface area contributed by atoms with Crippen molar-refractivity contribution < 1.29 is 0 Å². The summed E-state index contributed by atoms with van der Waals surface area (Å²) in [4.78, 5) is 2.60. The predicted octanol–water partition coefficient (Wildman–Crippen LogP) is 3.42. The summed E-state index contributed by atoms with van der Waals surface area (Å²) in [5.74, 6) is 0. The maximum atomic E-state index is 3.19. The van der Waals surface area contributed by atoms with Crippen LogP contribution in [0.1, 0.15) is 6.42 Å². The number of benzene rings is 1. The maximum Gasteiger partial charge on any atom is 0.0198 e. The average molecular weight is 173 g/mol. The summed E-state index contributed by atoms with van der Waals surface area (Å²) in [5, 5.41) is 0. The highest BCUT2D eigenvalue weighted by Gasteiger charge is 2.00. The quantitative estimate of drug-likeness (QED) is 0.660. The standard InChI is InChI=1S/C11H9S/c1-2-6-10(7-3-1)12-11-8-4-5-9-11/h1-6,8H,9H2. The van der Waals surface area contributed by atoms with Crippen molar-refractivity contribution in [3.05, 3.63) is 53.5 Å². The van der Waals surface area contributed by atoms with Crippen LogP contribution in [0, 0.1) is 6.07 Å². The minimum Gasteiger partial charge on any atom is -0.0936 e. The summed E-state index contributed by atoms with van der Waals surface area (Å²) in [6.07, 6.45) is 7.51. The summed E-state index contributed by atoms with van der Waals surface area (Å²) in [6.45, 7) is 0. The van der Waals surface area contributed by atoms with Crippen LogP contribution in [0.3, 0.4) is 0 Å². The van der Waals surface area contributed by atoms with Gasteiger partial charge in [0.2, 0.25) is 0 Å². The maximum absolute atomic E-state index is 3.19. The van der Waals surface area contributed by atoms with E-state index >= 15 is 0 Å². The topological polar surface area (TPSA) is 0 Å². The van der Waals surface area contributed by atoms with Gasteiger partial charge < -0.3 is 0 Å². The first-order chi connectivity index (χ1) is 5.95. The van der Waals surface area contributed by atoms with Crippen molar-refractivity contribution in [1.82, 2.24) is 0 Å². The van der Waals surface area contributed by atoms with E-state index in [1.54, 1.807) is 11.8 Å². The average Bonchev–Trinajstić information content (AvgIpc) is 2.59. The molecule has 1 aromatic carbocycles. The van der Waals surface area contributed by atoms with E-state index < -0.39 is 0 Å². The van der Waals surface area contributed by atoms with Crippen molar-refractivity contribution in [2.75, 3.05) is 0 Å². The Morgan fingerprint density at radius 2 is 2.33 bits per heavy atom. The van der Waals surface area contributed by atoms with Crippen molar-refractivity contribution in [1.29, 1.82) is 0 Å². The monoisotopic (exact) mass is 173 g/mol. The van der Waals surface area contributed by atoms with Crippen molar-refractivity contribution in [3.8, 4) is 0 Å². The van der Waals surface area contributed by atoms with E-state index in [1.807, 2.05) is 18.2 Å².